The van der Waals surface area contributed by atoms with Gasteiger partial charge in [-0.1, -0.05) is 6.42 Å². The summed E-state index contributed by atoms with van der Waals surface area (Å²) in [7, 11) is 0. The molecule has 3 amide bonds. The summed E-state index contributed by atoms with van der Waals surface area (Å²) in [4.78, 5) is 49.9. The number of nitrogens with two attached hydrogens (primary N) is 2. The Morgan fingerprint density at radius 1 is 1.17 bits per heavy atom. The number of likely N-dealkylation sites (tertiary alicyclic amines) is 1. The number of carbonyl (C=O) groups is 4. The molecule has 1 heterocycles. The van der Waals surface area contributed by atoms with Gasteiger partial charge in [-0.05, 0) is 46.1 Å². The maximum Gasteiger partial charge on any atom is 0.328 e. The first-order chi connectivity index (χ1) is 13.6. The molecule has 5 unspecified atom stereocenters. The quantitative estimate of drug-likeness (QED) is 0.207. The predicted molar refractivity (Wildman–Crippen MR) is 104 cm³/mol. The molecule has 0 aliphatic carbocycles. The number of carbonyl (C=O) groups excluding carboxylic acids is 3. The van der Waals surface area contributed by atoms with Crippen molar-refractivity contribution in [3.63, 3.8) is 0 Å². The Balaban J connectivity index is 2.68. The second-order valence-electron chi connectivity index (χ2n) is 7.38. The van der Waals surface area contributed by atoms with Crippen LogP contribution in [-0.4, -0.2) is 82.2 Å². The fourth-order valence-corrected chi connectivity index (χ4v) is 3.21. The van der Waals surface area contributed by atoms with Gasteiger partial charge in [-0.15, -0.1) is 0 Å². The van der Waals surface area contributed by atoms with Gasteiger partial charge in [0, 0.05) is 6.54 Å². The van der Waals surface area contributed by atoms with Crippen molar-refractivity contribution >= 4 is 23.7 Å². The first-order valence-corrected chi connectivity index (χ1v) is 9.87. The molecule has 1 aliphatic rings. The van der Waals surface area contributed by atoms with E-state index in [4.69, 9.17) is 16.6 Å². The zero-order chi connectivity index (χ0) is 22.1. The Hall–Kier alpha value is -2.24. The van der Waals surface area contributed by atoms with Crippen LogP contribution >= 0.6 is 0 Å². The molecule has 1 saturated heterocycles. The van der Waals surface area contributed by atoms with Gasteiger partial charge in [-0.3, -0.25) is 14.4 Å². The fraction of sp³-hybridized carbons (Fsp3) is 0.778. The molecule has 166 valence electrons. The van der Waals surface area contributed by atoms with Crippen molar-refractivity contribution < 1.29 is 29.4 Å². The van der Waals surface area contributed by atoms with Crippen molar-refractivity contribution in [2.45, 2.75) is 76.2 Å². The van der Waals surface area contributed by atoms with Gasteiger partial charge in [0.25, 0.3) is 0 Å². The number of carboxylic acid groups (broad SMARTS) is 1. The molecule has 11 nitrogen and oxygen atoms in total. The third kappa shape index (κ3) is 7.26. The van der Waals surface area contributed by atoms with Gasteiger partial charge in [-0.2, -0.15) is 0 Å². The highest BCUT2D eigenvalue weighted by Crippen LogP contribution is 2.19. The Bertz CT molecular complexity index is 599. The lowest BCUT2D eigenvalue weighted by molar-refractivity contribution is -0.147. The Kier molecular flexibility index (Phi) is 9.99. The van der Waals surface area contributed by atoms with Crippen LogP contribution in [0.4, 0.5) is 0 Å². The van der Waals surface area contributed by atoms with Crippen LogP contribution in [0.15, 0.2) is 0 Å². The van der Waals surface area contributed by atoms with E-state index < -0.39 is 54.0 Å². The standard InChI is InChI=1S/C18H33N5O6/c1-10(21-15(25)12(20)6-3-4-8-19)17(27)23-9-5-7-13(23)16(26)22-14(11(2)24)18(28)29/h10-14,24H,3-9,19-20H2,1-2H3,(H,21,25)(H,22,26)(H,28,29). The molecule has 0 aromatic carbocycles. The molecule has 5 atom stereocenters. The maximum absolute atomic E-state index is 12.7. The van der Waals surface area contributed by atoms with Crippen molar-refractivity contribution in [1.29, 1.82) is 0 Å². The molecule has 0 spiro atoms. The average Bonchev–Trinajstić information content (AvgIpc) is 3.14. The monoisotopic (exact) mass is 415 g/mol. The highest BCUT2D eigenvalue weighted by Gasteiger charge is 2.38. The number of rotatable bonds is 11. The third-order valence-electron chi connectivity index (χ3n) is 4.92. The van der Waals surface area contributed by atoms with Crippen molar-refractivity contribution in [3.8, 4) is 0 Å². The van der Waals surface area contributed by atoms with E-state index in [1.807, 2.05) is 0 Å². The largest absolute Gasteiger partial charge is 0.480 e. The summed E-state index contributed by atoms with van der Waals surface area (Å²) in [6.07, 6.45) is 1.55. The number of hydrogen-bond donors (Lipinski definition) is 6. The lowest BCUT2D eigenvalue weighted by Crippen LogP contribution is -2.57. The van der Waals surface area contributed by atoms with Crippen LogP contribution in [0.1, 0.15) is 46.0 Å². The summed E-state index contributed by atoms with van der Waals surface area (Å²) in [6, 6.07) is -3.97. The van der Waals surface area contributed by atoms with Crippen LogP contribution in [-0.2, 0) is 19.2 Å². The Morgan fingerprint density at radius 2 is 1.83 bits per heavy atom. The molecule has 0 aromatic rings. The number of hydrogen-bond acceptors (Lipinski definition) is 7. The van der Waals surface area contributed by atoms with Crippen LogP contribution in [0.5, 0.6) is 0 Å². The highest BCUT2D eigenvalue weighted by molar-refractivity contribution is 5.94. The summed E-state index contributed by atoms with van der Waals surface area (Å²) >= 11 is 0. The van der Waals surface area contributed by atoms with E-state index in [2.05, 4.69) is 10.6 Å². The second-order valence-corrected chi connectivity index (χ2v) is 7.38. The van der Waals surface area contributed by atoms with Gasteiger partial charge in [0.2, 0.25) is 17.7 Å². The smallest absolute Gasteiger partial charge is 0.328 e. The number of aliphatic hydroxyl groups is 1. The lowest BCUT2D eigenvalue weighted by Gasteiger charge is -2.29. The number of aliphatic hydroxyl groups excluding tert-OH is 1. The van der Waals surface area contributed by atoms with E-state index in [1.54, 1.807) is 0 Å². The van der Waals surface area contributed by atoms with E-state index in [0.717, 1.165) is 6.42 Å². The summed E-state index contributed by atoms with van der Waals surface area (Å²) in [5.74, 6) is -2.92. The second kappa shape index (κ2) is 11.7. The van der Waals surface area contributed by atoms with Gasteiger partial charge < -0.3 is 37.2 Å². The molecule has 8 N–H and O–H groups in total. The average molecular weight is 415 g/mol. The zero-order valence-electron chi connectivity index (χ0n) is 17.0. The number of nitrogens with one attached hydrogen (secondary N) is 2. The molecule has 0 aromatic heterocycles. The van der Waals surface area contributed by atoms with E-state index in [-0.39, 0.29) is 0 Å². The minimum Gasteiger partial charge on any atom is -0.480 e. The van der Waals surface area contributed by atoms with Gasteiger partial charge >= 0.3 is 5.97 Å². The summed E-state index contributed by atoms with van der Waals surface area (Å²) < 4.78 is 0. The number of carboxylic acids is 1. The van der Waals surface area contributed by atoms with Crippen molar-refractivity contribution in [2.24, 2.45) is 11.5 Å². The minimum absolute atomic E-state index is 0.312. The van der Waals surface area contributed by atoms with Crippen LogP contribution in [0, 0.1) is 0 Å². The maximum atomic E-state index is 12.7. The van der Waals surface area contributed by atoms with Crippen LogP contribution < -0.4 is 22.1 Å². The molecule has 1 rings (SSSR count). The predicted octanol–water partition coefficient (Wildman–Crippen LogP) is -2.11. The van der Waals surface area contributed by atoms with E-state index in [1.165, 1.54) is 18.7 Å². The van der Waals surface area contributed by atoms with Crippen molar-refractivity contribution in [3.05, 3.63) is 0 Å². The topological polar surface area (TPSA) is 188 Å². The fourth-order valence-electron chi connectivity index (χ4n) is 3.21. The first kappa shape index (κ1) is 24.8. The zero-order valence-corrected chi connectivity index (χ0v) is 17.0. The van der Waals surface area contributed by atoms with Crippen molar-refractivity contribution in [1.82, 2.24) is 15.5 Å². The van der Waals surface area contributed by atoms with E-state index in [9.17, 15) is 24.3 Å². The third-order valence-corrected chi connectivity index (χ3v) is 4.92. The summed E-state index contributed by atoms with van der Waals surface area (Å²) in [6.45, 7) is 3.59. The number of amides is 3. The lowest BCUT2D eigenvalue weighted by atomic mass is 10.1. The van der Waals surface area contributed by atoms with E-state index >= 15 is 0 Å². The molecule has 0 bridgehead atoms. The van der Waals surface area contributed by atoms with Gasteiger partial charge in [0.1, 0.15) is 12.1 Å². The van der Waals surface area contributed by atoms with Crippen LogP contribution in [0.3, 0.4) is 0 Å². The van der Waals surface area contributed by atoms with Gasteiger partial charge in [0.05, 0.1) is 12.1 Å². The molecule has 1 aliphatic heterocycles. The number of unbranched alkanes of at least 4 members (excludes halogenated alkanes) is 1. The van der Waals surface area contributed by atoms with Gasteiger partial charge in [0.15, 0.2) is 6.04 Å². The van der Waals surface area contributed by atoms with Crippen LogP contribution in [0.2, 0.25) is 0 Å². The van der Waals surface area contributed by atoms with E-state index in [0.29, 0.717) is 38.8 Å². The number of nitrogens with zero attached hydrogens (tertiary/aromatic N) is 1. The highest BCUT2D eigenvalue weighted by atomic mass is 16.4. The molecular weight excluding hydrogens is 382 g/mol. The summed E-state index contributed by atoms with van der Waals surface area (Å²) in [5, 5.41) is 23.5. The molecule has 11 heteroatoms. The normalized spacial score (nSPS) is 20.4. The molecule has 29 heavy (non-hydrogen) atoms. The van der Waals surface area contributed by atoms with Crippen LogP contribution in [0.25, 0.3) is 0 Å². The Labute approximate surface area is 170 Å². The summed E-state index contributed by atoms with van der Waals surface area (Å²) in [5.41, 5.74) is 11.2. The molecule has 1 fully saturated rings. The number of aliphatic carboxylic acids is 1. The van der Waals surface area contributed by atoms with Crippen molar-refractivity contribution in [2.75, 3.05) is 13.1 Å². The molecular formula is C18H33N5O6. The molecule has 0 radical (unpaired) electrons. The first-order valence-electron chi connectivity index (χ1n) is 9.87. The van der Waals surface area contributed by atoms with Gasteiger partial charge in [-0.25, -0.2) is 4.79 Å². The molecule has 0 saturated carbocycles. The minimum atomic E-state index is -1.47. The Morgan fingerprint density at radius 3 is 2.38 bits per heavy atom. The SMILES string of the molecule is CC(NC(=O)C(N)CCCCN)C(=O)N1CCCC1C(=O)NC(C(=O)O)C(C)O.